The molecule has 1 heterocycles. The minimum Gasteiger partial charge on any atom is -0.389 e. The normalized spacial score (nSPS) is 20.7. The summed E-state index contributed by atoms with van der Waals surface area (Å²) in [5, 5.41) is 19.2. The van der Waals surface area contributed by atoms with Crippen LogP contribution in [0.1, 0.15) is 57.8 Å². The second kappa shape index (κ2) is 6.27. The first-order chi connectivity index (χ1) is 9.76. The van der Waals surface area contributed by atoms with Gasteiger partial charge in [-0.05, 0) is 37.5 Å². The Labute approximate surface area is 132 Å². The molecule has 0 radical (unpaired) electrons. The molecule has 1 aliphatic rings. The predicted molar refractivity (Wildman–Crippen MR) is 86.5 cm³/mol. The molecular weight excluding hydrogens is 286 g/mol. The third-order valence-electron chi connectivity index (χ3n) is 4.78. The zero-order chi connectivity index (χ0) is 15.7. The van der Waals surface area contributed by atoms with Gasteiger partial charge in [-0.3, -0.25) is 4.68 Å². The van der Waals surface area contributed by atoms with Gasteiger partial charge in [0, 0.05) is 20.1 Å². The van der Waals surface area contributed by atoms with Crippen LogP contribution in [0, 0.1) is 5.41 Å². The zero-order valence-electron chi connectivity index (χ0n) is 13.7. The SMILES string of the molecule is CCc1nn(C)c(CNCC2(O)CCC(C)(C)CC2)c1Cl. The smallest absolute Gasteiger partial charge is 0.0863 e. The van der Waals surface area contributed by atoms with Gasteiger partial charge in [0.25, 0.3) is 0 Å². The summed E-state index contributed by atoms with van der Waals surface area (Å²) in [4.78, 5) is 0. The predicted octanol–water partition coefficient (Wildman–Crippen LogP) is 3.06. The number of hydrogen-bond acceptors (Lipinski definition) is 3. The average molecular weight is 314 g/mol. The lowest BCUT2D eigenvalue weighted by Gasteiger charge is -2.40. The topological polar surface area (TPSA) is 50.1 Å². The highest BCUT2D eigenvalue weighted by molar-refractivity contribution is 6.31. The number of rotatable bonds is 5. The highest BCUT2D eigenvalue weighted by Crippen LogP contribution is 2.39. The third-order valence-corrected chi connectivity index (χ3v) is 5.22. The van der Waals surface area contributed by atoms with E-state index in [0.29, 0.717) is 18.5 Å². The van der Waals surface area contributed by atoms with Crippen LogP contribution >= 0.6 is 11.6 Å². The summed E-state index contributed by atoms with van der Waals surface area (Å²) in [6.45, 7) is 7.88. The van der Waals surface area contributed by atoms with Crippen molar-refractivity contribution in [3.05, 3.63) is 16.4 Å². The van der Waals surface area contributed by atoms with Crippen LogP contribution in [0.3, 0.4) is 0 Å². The first-order valence-electron chi connectivity index (χ1n) is 7.90. The summed E-state index contributed by atoms with van der Waals surface area (Å²) in [6, 6.07) is 0. The zero-order valence-corrected chi connectivity index (χ0v) is 14.4. The van der Waals surface area contributed by atoms with E-state index < -0.39 is 5.60 Å². The fourth-order valence-electron chi connectivity index (χ4n) is 2.99. The lowest BCUT2D eigenvalue weighted by Crippen LogP contribution is -2.45. The molecule has 4 nitrogen and oxygen atoms in total. The number of aliphatic hydroxyl groups is 1. The summed E-state index contributed by atoms with van der Waals surface area (Å²) in [6.07, 6.45) is 4.74. The van der Waals surface area contributed by atoms with Gasteiger partial charge in [0.1, 0.15) is 0 Å². The van der Waals surface area contributed by atoms with Gasteiger partial charge in [-0.25, -0.2) is 0 Å². The Morgan fingerprint density at radius 2 is 1.90 bits per heavy atom. The molecule has 1 fully saturated rings. The van der Waals surface area contributed by atoms with Crippen molar-refractivity contribution in [2.75, 3.05) is 6.54 Å². The highest BCUT2D eigenvalue weighted by atomic mass is 35.5. The van der Waals surface area contributed by atoms with E-state index in [1.165, 1.54) is 0 Å². The van der Waals surface area contributed by atoms with Gasteiger partial charge in [-0.2, -0.15) is 5.10 Å². The Morgan fingerprint density at radius 3 is 2.43 bits per heavy atom. The highest BCUT2D eigenvalue weighted by Gasteiger charge is 2.36. The Morgan fingerprint density at radius 1 is 1.29 bits per heavy atom. The number of hydrogen-bond donors (Lipinski definition) is 2. The molecule has 0 aromatic carbocycles. The van der Waals surface area contributed by atoms with Gasteiger partial charge >= 0.3 is 0 Å². The van der Waals surface area contributed by atoms with Crippen LogP contribution in [0.4, 0.5) is 0 Å². The number of nitrogens with zero attached hydrogens (tertiary/aromatic N) is 2. The third kappa shape index (κ3) is 3.99. The lowest BCUT2D eigenvalue weighted by molar-refractivity contribution is -0.0245. The van der Waals surface area contributed by atoms with Crippen LogP contribution in [0.15, 0.2) is 0 Å². The molecule has 1 aliphatic carbocycles. The molecule has 5 heteroatoms. The van der Waals surface area contributed by atoms with Crippen LogP contribution in [-0.4, -0.2) is 27.0 Å². The maximum absolute atomic E-state index is 10.7. The van der Waals surface area contributed by atoms with Crippen molar-refractivity contribution in [1.29, 1.82) is 0 Å². The molecule has 0 amide bonds. The Kier molecular flexibility index (Phi) is 5.01. The van der Waals surface area contributed by atoms with E-state index in [-0.39, 0.29) is 0 Å². The fraction of sp³-hybridized carbons (Fsp3) is 0.812. The summed E-state index contributed by atoms with van der Waals surface area (Å²) in [5.74, 6) is 0. The molecule has 120 valence electrons. The summed E-state index contributed by atoms with van der Waals surface area (Å²) < 4.78 is 1.84. The molecule has 0 spiro atoms. The number of halogens is 1. The van der Waals surface area contributed by atoms with Crippen molar-refractivity contribution in [2.45, 2.75) is 65.0 Å². The molecule has 0 saturated heterocycles. The molecule has 2 N–H and O–H groups in total. The van der Waals surface area contributed by atoms with E-state index >= 15 is 0 Å². The minimum atomic E-state index is -0.575. The van der Waals surface area contributed by atoms with Gasteiger partial charge in [0.05, 0.1) is 22.0 Å². The molecule has 2 rings (SSSR count). The van der Waals surface area contributed by atoms with Crippen LogP contribution in [0.5, 0.6) is 0 Å². The van der Waals surface area contributed by atoms with E-state index in [4.69, 9.17) is 11.6 Å². The standard InChI is InChI=1S/C16H28ClN3O/c1-5-12-14(17)13(20(4)19-12)10-18-11-16(21)8-6-15(2,3)7-9-16/h18,21H,5-11H2,1-4H3. The van der Waals surface area contributed by atoms with Gasteiger partial charge in [-0.15, -0.1) is 0 Å². The number of aryl methyl sites for hydroxylation is 2. The van der Waals surface area contributed by atoms with Crippen LogP contribution in [0.25, 0.3) is 0 Å². The van der Waals surface area contributed by atoms with Gasteiger partial charge in [-0.1, -0.05) is 32.4 Å². The largest absolute Gasteiger partial charge is 0.389 e. The molecule has 21 heavy (non-hydrogen) atoms. The Bertz CT molecular complexity index is 486. The van der Waals surface area contributed by atoms with Gasteiger partial charge < -0.3 is 10.4 Å². The summed E-state index contributed by atoms with van der Waals surface area (Å²) >= 11 is 6.34. The molecular formula is C16H28ClN3O. The second-order valence-corrected chi connectivity index (χ2v) is 7.55. The molecule has 0 atom stereocenters. The Balaban J connectivity index is 1.89. The van der Waals surface area contributed by atoms with Crippen molar-refractivity contribution < 1.29 is 5.11 Å². The van der Waals surface area contributed by atoms with E-state index in [9.17, 15) is 5.11 Å². The quantitative estimate of drug-likeness (QED) is 0.878. The maximum atomic E-state index is 10.7. The molecule has 0 unspecified atom stereocenters. The molecule has 1 aromatic rings. The van der Waals surface area contributed by atoms with Crippen LogP contribution in [-0.2, 0) is 20.0 Å². The minimum absolute atomic E-state index is 0.369. The first kappa shape index (κ1) is 16.8. The fourth-order valence-corrected chi connectivity index (χ4v) is 3.35. The van der Waals surface area contributed by atoms with Gasteiger partial charge in [0.2, 0.25) is 0 Å². The van der Waals surface area contributed by atoms with E-state index in [0.717, 1.165) is 48.5 Å². The van der Waals surface area contributed by atoms with Crippen LogP contribution < -0.4 is 5.32 Å². The molecule has 0 bridgehead atoms. The monoisotopic (exact) mass is 313 g/mol. The molecule has 0 aliphatic heterocycles. The van der Waals surface area contributed by atoms with Crippen molar-refractivity contribution in [3.63, 3.8) is 0 Å². The molecule has 1 saturated carbocycles. The summed E-state index contributed by atoms with van der Waals surface area (Å²) in [5.41, 5.74) is 1.73. The number of aromatic nitrogens is 2. The van der Waals surface area contributed by atoms with Crippen LogP contribution in [0.2, 0.25) is 5.02 Å². The van der Waals surface area contributed by atoms with Crippen molar-refractivity contribution >= 4 is 11.6 Å². The number of nitrogens with one attached hydrogen (secondary N) is 1. The van der Waals surface area contributed by atoms with Gasteiger partial charge in [0.15, 0.2) is 0 Å². The summed E-state index contributed by atoms with van der Waals surface area (Å²) in [7, 11) is 1.92. The Hall–Kier alpha value is -0.580. The van der Waals surface area contributed by atoms with E-state index in [1.54, 1.807) is 0 Å². The lowest BCUT2D eigenvalue weighted by atomic mass is 9.71. The second-order valence-electron chi connectivity index (χ2n) is 7.18. The van der Waals surface area contributed by atoms with E-state index in [1.807, 2.05) is 11.7 Å². The van der Waals surface area contributed by atoms with E-state index in [2.05, 4.69) is 31.2 Å². The first-order valence-corrected chi connectivity index (χ1v) is 8.27. The van der Waals surface area contributed by atoms with Crippen molar-refractivity contribution in [1.82, 2.24) is 15.1 Å². The molecule has 1 aromatic heterocycles. The average Bonchev–Trinajstić information content (AvgIpc) is 2.70. The van der Waals surface area contributed by atoms with Crippen molar-refractivity contribution in [3.8, 4) is 0 Å². The van der Waals surface area contributed by atoms with Crippen molar-refractivity contribution in [2.24, 2.45) is 12.5 Å². The maximum Gasteiger partial charge on any atom is 0.0863 e.